The summed E-state index contributed by atoms with van der Waals surface area (Å²) in [6.45, 7) is 2.05. The Morgan fingerprint density at radius 2 is 1.69 bits per heavy atom. The van der Waals surface area contributed by atoms with Crippen LogP contribution in [-0.4, -0.2) is 53.3 Å². The van der Waals surface area contributed by atoms with Gasteiger partial charge in [0.1, 0.15) is 6.04 Å². The molecule has 0 radical (unpaired) electrons. The van der Waals surface area contributed by atoms with Gasteiger partial charge in [-0.3, -0.25) is 13.9 Å². The summed E-state index contributed by atoms with van der Waals surface area (Å²) in [5, 5.41) is 5.95. The van der Waals surface area contributed by atoms with Gasteiger partial charge in [-0.2, -0.15) is 0 Å². The number of carbonyl (C=O) groups is 2. The van der Waals surface area contributed by atoms with Crippen molar-refractivity contribution in [2.45, 2.75) is 25.8 Å². The zero-order valence-corrected chi connectivity index (χ0v) is 23.8. The lowest BCUT2D eigenvalue weighted by Crippen LogP contribution is -2.47. The Morgan fingerprint density at radius 3 is 2.33 bits per heavy atom. The minimum atomic E-state index is -3.84. The lowest BCUT2D eigenvalue weighted by molar-refractivity contribution is -0.117. The van der Waals surface area contributed by atoms with Gasteiger partial charge in [-0.1, -0.05) is 42.8 Å². The summed E-state index contributed by atoms with van der Waals surface area (Å²) in [4.78, 5) is 26.4. The van der Waals surface area contributed by atoms with Crippen molar-refractivity contribution in [1.29, 1.82) is 0 Å². The van der Waals surface area contributed by atoms with Crippen LogP contribution < -0.4 is 24.4 Å². The summed E-state index contributed by atoms with van der Waals surface area (Å²) in [5.41, 5.74) is 1.74. The Labute approximate surface area is 234 Å². The lowest BCUT2D eigenvalue weighted by atomic mass is 10.1. The minimum absolute atomic E-state index is 0.186. The maximum atomic E-state index is 13.4. The Balaban J connectivity index is 1.75. The van der Waals surface area contributed by atoms with E-state index >= 15 is 0 Å². The number of hydrogen-bond donors (Lipinski definition) is 2. The van der Waals surface area contributed by atoms with Crippen molar-refractivity contribution in [3.63, 3.8) is 0 Å². The maximum absolute atomic E-state index is 13.4. The monoisotopic (exact) mass is 573 g/mol. The van der Waals surface area contributed by atoms with Crippen LogP contribution in [-0.2, 0) is 21.2 Å². The SMILES string of the molecule is CCC(C(=O)Nc1ccccc1C(=O)NCCc1ccc(OC)c(OC)c1)N(c1cccc(Cl)c1)S(C)(=O)=O. The van der Waals surface area contributed by atoms with Crippen molar-refractivity contribution in [1.82, 2.24) is 5.32 Å². The fourth-order valence-corrected chi connectivity index (χ4v) is 5.52. The van der Waals surface area contributed by atoms with E-state index in [4.69, 9.17) is 21.1 Å². The second-order valence-corrected chi connectivity index (χ2v) is 11.0. The number of nitrogens with zero attached hydrogens (tertiary/aromatic N) is 1. The number of halogens is 1. The first-order chi connectivity index (χ1) is 18.6. The van der Waals surface area contributed by atoms with Gasteiger partial charge in [0.05, 0.1) is 37.4 Å². The van der Waals surface area contributed by atoms with Gasteiger partial charge >= 0.3 is 0 Å². The van der Waals surface area contributed by atoms with Crippen molar-refractivity contribution in [2.24, 2.45) is 0 Å². The molecular formula is C28H32ClN3O6S. The average Bonchev–Trinajstić information content (AvgIpc) is 2.90. The normalized spacial score (nSPS) is 11.8. The fraction of sp³-hybridized carbons (Fsp3) is 0.286. The van der Waals surface area contributed by atoms with E-state index < -0.39 is 22.0 Å². The average molecular weight is 574 g/mol. The van der Waals surface area contributed by atoms with Crippen LogP contribution in [0.1, 0.15) is 29.3 Å². The number of sulfonamides is 1. The Bertz CT molecular complexity index is 1430. The predicted octanol–water partition coefficient (Wildman–Crippen LogP) is 4.51. The molecule has 0 fully saturated rings. The van der Waals surface area contributed by atoms with E-state index in [1.54, 1.807) is 69.7 Å². The molecule has 2 amide bonds. The largest absolute Gasteiger partial charge is 0.493 e. The predicted molar refractivity (Wildman–Crippen MR) is 154 cm³/mol. The molecular weight excluding hydrogens is 542 g/mol. The molecule has 3 aromatic rings. The molecule has 0 aliphatic rings. The molecule has 208 valence electrons. The molecule has 0 saturated carbocycles. The van der Waals surface area contributed by atoms with Gasteiger partial charge in [-0.25, -0.2) is 8.42 Å². The van der Waals surface area contributed by atoms with Crippen LogP contribution in [0.3, 0.4) is 0 Å². The number of methoxy groups -OCH3 is 2. The van der Waals surface area contributed by atoms with Gasteiger partial charge in [0.2, 0.25) is 15.9 Å². The summed E-state index contributed by atoms with van der Waals surface area (Å²) < 4.78 is 37.0. The van der Waals surface area contributed by atoms with Crippen LogP contribution in [0, 0.1) is 0 Å². The van der Waals surface area contributed by atoms with Crippen molar-refractivity contribution in [3.05, 3.63) is 82.9 Å². The number of nitrogens with one attached hydrogen (secondary N) is 2. The third kappa shape index (κ3) is 7.64. The van der Waals surface area contributed by atoms with Crippen molar-refractivity contribution in [2.75, 3.05) is 36.6 Å². The molecule has 3 rings (SSSR count). The first kappa shape index (κ1) is 29.8. The second kappa shape index (κ2) is 13.3. The van der Waals surface area contributed by atoms with Gasteiger partial charge in [0.15, 0.2) is 11.5 Å². The van der Waals surface area contributed by atoms with Crippen LogP contribution in [0.4, 0.5) is 11.4 Å². The van der Waals surface area contributed by atoms with E-state index in [0.717, 1.165) is 16.1 Å². The van der Waals surface area contributed by atoms with Gasteiger partial charge in [0, 0.05) is 11.6 Å². The number of ether oxygens (including phenoxy) is 2. The topological polar surface area (TPSA) is 114 Å². The molecule has 9 nitrogen and oxygen atoms in total. The summed E-state index contributed by atoms with van der Waals surface area (Å²) in [5.74, 6) is 0.258. The molecule has 0 aromatic heterocycles. The minimum Gasteiger partial charge on any atom is -0.493 e. The summed E-state index contributed by atoms with van der Waals surface area (Å²) >= 11 is 6.08. The molecule has 3 aromatic carbocycles. The summed E-state index contributed by atoms with van der Waals surface area (Å²) in [6.07, 6.45) is 1.76. The number of anilines is 2. The fourth-order valence-electron chi connectivity index (χ4n) is 4.13. The molecule has 0 saturated heterocycles. The molecule has 0 heterocycles. The molecule has 0 spiro atoms. The highest BCUT2D eigenvalue weighted by atomic mass is 35.5. The van der Waals surface area contributed by atoms with E-state index in [-0.39, 0.29) is 29.3 Å². The van der Waals surface area contributed by atoms with Crippen molar-refractivity contribution >= 4 is 44.8 Å². The molecule has 1 atom stereocenters. The van der Waals surface area contributed by atoms with Crippen molar-refractivity contribution < 1.29 is 27.5 Å². The highest BCUT2D eigenvalue weighted by Gasteiger charge is 2.32. The number of carbonyl (C=O) groups excluding carboxylic acids is 2. The van der Waals surface area contributed by atoms with E-state index in [1.165, 1.54) is 6.07 Å². The van der Waals surface area contributed by atoms with Crippen LogP contribution in [0.15, 0.2) is 66.7 Å². The van der Waals surface area contributed by atoms with Crippen LogP contribution in [0.25, 0.3) is 0 Å². The second-order valence-electron chi connectivity index (χ2n) is 8.69. The molecule has 0 aliphatic heterocycles. The Hall–Kier alpha value is -3.76. The zero-order chi connectivity index (χ0) is 28.6. The van der Waals surface area contributed by atoms with E-state index in [1.807, 2.05) is 12.1 Å². The molecule has 1 unspecified atom stereocenters. The Morgan fingerprint density at radius 1 is 0.974 bits per heavy atom. The Kier molecular flexibility index (Phi) is 10.2. The smallest absolute Gasteiger partial charge is 0.253 e. The van der Waals surface area contributed by atoms with Gasteiger partial charge in [-0.15, -0.1) is 0 Å². The molecule has 0 bridgehead atoms. The third-order valence-corrected chi connectivity index (χ3v) is 7.38. The number of rotatable bonds is 12. The number of hydrogen-bond acceptors (Lipinski definition) is 6. The summed E-state index contributed by atoms with van der Waals surface area (Å²) in [7, 11) is -0.720. The third-order valence-electron chi connectivity index (χ3n) is 5.97. The number of benzene rings is 3. The van der Waals surface area contributed by atoms with Gasteiger partial charge in [-0.05, 0) is 60.9 Å². The lowest BCUT2D eigenvalue weighted by Gasteiger charge is -2.30. The van der Waals surface area contributed by atoms with Crippen LogP contribution >= 0.6 is 11.6 Å². The highest BCUT2D eigenvalue weighted by molar-refractivity contribution is 7.92. The first-order valence-electron chi connectivity index (χ1n) is 12.2. The molecule has 39 heavy (non-hydrogen) atoms. The van der Waals surface area contributed by atoms with E-state index in [9.17, 15) is 18.0 Å². The van der Waals surface area contributed by atoms with Crippen LogP contribution in [0.5, 0.6) is 11.5 Å². The zero-order valence-electron chi connectivity index (χ0n) is 22.2. The molecule has 0 aliphatic carbocycles. The molecule has 11 heteroatoms. The quantitative estimate of drug-likeness (QED) is 0.329. The number of para-hydroxylation sites is 1. The van der Waals surface area contributed by atoms with Gasteiger partial charge in [0.25, 0.3) is 5.91 Å². The molecule has 2 N–H and O–H groups in total. The van der Waals surface area contributed by atoms with Gasteiger partial charge < -0.3 is 20.1 Å². The van der Waals surface area contributed by atoms with E-state index in [0.29, 0.717) is 29.5 Å². The standard InChI is InChI=1S/C28H32ClN3O6S/c1-5-24(32(39(4,35)36)21-10-8-9-20(29)18-21)28(34)31-23-12-7-6-11-22(23)27(33)30-16-15-19-13-14-25(37-2)26(17-19)38-3/h6-14,17-18,24H,5,15-16H2,1-4H3,(H,30,33)(H,31,34). The van der Waals surface area contributed by atoms with E-state index in [2.05, 4.69) is 10.6 Å². The number of amides is 2. The van der Waals surface area contributed by atoms with Crippen LogP contribution in [0.2, 0.25) is 5.02 Å². The highest BCUT2D eigenvalue weighted by Crippen LogP contribution is 2.28. The summed E-state index contributed by atoms with van der Waals surface area (Å²) in [6, 6.07) is 17.3. The first-order valence-corrected chi connectivity index (χ1v) is 14.5. The maximum Gasteiger partial charge on any atom is 0.253 e. The van der Waals surface area contributed by atoms with Crippen molar-refractivity contribution in [3.8, 4) is 11.5 Å².